The predicted molar refractivity (Wildman–Crippen MR) is 63.8 cm³/mol. The van der Waals surface area contributed by atoms with Crippen molar-refractivity contribution in [2.75, 3.05) is 12.8 Å². The highest BCUT2D eigenvalue weighted by Crippen LogP contribution is 2.30. The van der Waals surface area contributed by atoms with E-state index in [1.165, 1.54) is 19.2 Å². The summed E-state index contributed by atoms with van der Waals surface area (Å²) in [5.41, 5.74) is 6.03. The molecule has 3 nitrogen and oxygen atoms in total. The van der Waals surface area contributed by atoms with Crippen LogP contribution in [0.2, 0.25) is 0 Å². The average molecular weight is 251 g/mol. The molecule has 0 aliphatic carbocycles. The molecule has 0 unspecified atom stereocenters. The van der Waals surface area contributed by atoms with Gasteiger partial charge in [-0.1, -0.05) is 0 Å². The van der Waals surface area contributed by atoms with Crippen molar-refractivity contribution in [3.8, 4) is 17.2 Å². The summed E-state index contributed by atoms with van der Waals surface area (Å²) in [7, 11) is 1.47. The first-order chi connectivity index (χ1) is 8.58. The van der Waals surface area contributed by atoms with E-state index in [0.29, 0.717) is 11.4 Å². The number of hydrogen-bond acceptors (Lipinski definition) is 3. The van der Waals surface area contributed by atoms with Crippen molar-refractivity contribution in [1.82, 2.24) is 0 Å². The van der Waals surface area contributed by atoms with Crippen molar-refractivity contribution in [3.05, 3.63) is 48.0 Å². The van der Waals surface area contributed by atoms with Crippen molar-refractivity contribution < 1.29 is 18.3 Å². The summed E-state index contributed by atoms with van der Waals surface area (Å²) in [4.78, 5) is 0. The van der Waals surface area contributed by atoms with Crippen LogP contribution in [0.5, 0.6) is 17.2 Å². The lowest BCUT2D eigenvalue weighted by Gasteiger charge is -2.09. The van der Waals surface area contributed by atoms with Gasteiger partial charge in [-0.3, -0.25) is 0 Å². The smallest absolute Gasteiger partial charge is 0.165 e. The summed E-state index contributed by atoms with van der Waals surface area (Å²) in [5, 5.41) is 0. The van der Waals surface area contributed by atoms with Crippen molar-refractivity contribution in [3.63, 3.8) is 0 Å². The molecule has 0 amide bonds. The highest BCUT2D eigenvalue weighted by molar-refractivity contribution is 5.51. The Morgan fingerprint density at radius 1 is 1.00 bits per heavy atom. The Balaban J connectivity index is 2.33. The van der Waals surface area contributed by atoms with Gasteiger partial charge in [-0.2, -0.15) is 0 Å². The molecule has 2 N–H and O–H groups in total. The highest BCUT2D eigenvalue weighted by Gasteiger charge is 2.08. The molecule has 0 aromatic heterocycles. The molecule has 2 aromatic rings. The lowest BCUT2D eigenvalue weighted by Crippen LogP contribution is -1.93. The maximum atomic E-state index is 13.4. The van der Waals surface area contributed by atoms with Gasteiger partial charge in [0, 0.05) is 30.0 Å². The fraction of sp³-hybridized carbons (Fsp3) is 0.0769. The minimum atomic E-state index is -0.655. The topological polar surface area (TPSA) is 44.5 Å². The third-order valence-electron chi connectivity index (χ3n) is 2.26. The van der Waals surface area contributed by atoms with Gasteiger partial charge in [-0.05, 0) is 12.1 Å². The van der Waals surface area contributed by atoms with E-state index in [1.807, 2.05) is 0 Å². The van der Waals surface area contributed by atoms with Crippen LogP contribution in [0.3, 0.4) is 0 Å². The van der Waals surface area contributed by atoms with Gasteiger partial charge in [0.1, 0.15) is 17.3 Å². The monoisotopic (exact) mass is 251 g/mol. The Bertz CT molecular complexity index is 573. The zero-order valence-corrected chi connectivity index (χ0v) is 9.61. The van der Waals surface area contributed by atoms with Crippen molar-refractivity contribution >= 4 is 5.69 Å². The second-order valence-corrected chi connectivity index (χ2v) is 3.62. The minimum Gasteiger partial charge on any atom is -0.497 e. The van der Waals surface area contributed by atoms with Crippen LogP contribution in [0.1, 0.15) is 0 Å². The van der Waals surface area contributed by atoms with Crippen LogP contribution in [0.4, 0.5) is 14.5 Å². The van der Waals surface area contributed by atoms with Crippen LogP contribution >= 0.6 is 0 Å². The second-order valence-electron chi connectivity index (χ2n) is 3.62. The fourth-order valence-electron chi connectivity index (χ4n) is 1.45. The van der Waals surface area contributed by atoms with E-state index in [1.54, 1.807) is 6.07 Å². The summed E-state index contributed by atoms with van der Waals surface area (Å²) < 4.78 is 36.6. The maximum Gasteiger partial charge on any atom is 0.165 e. The molecule has 0 atom stereocenters. The molecular weight excluding hydrogens is 240 g/mol. The third kappa shape index (κ3) is 2.68. The summed E-state index contributed by atoms with van der Waals surface area (Å²) in [5.74, 6) is -0.694. The maximum absolute atomic E-state index is 13.4. The van der Waals surface area contributed by atoms with Gasteiger partial charge in [0.2, 0.25) is 0 Å². The van der Waals surface area contributed by atoms with Gasteiger partial charge in [0.05, 0.1) is 7.11 Å². The molecule has 2 rings (SSSR count). The first kappa shape index (κ1) is 12.2. The third-order valence-corrected chi connectivity index (χ3v) is 2.26. The van der Waals surface area contributed by atoms with Gasteiger partial charge >= 0.3 is 0 Å². The molecule has 0 saturated carbocycles. The van der Waals surface area contributed by atoms with Crippen LogP contribution in [-0.2, 0) is 0 Å². The number of nitrogen functional groups attached to an aromatic ring is 1. The SMILES string of the molecule is COc1cc(N)cc(Oc2cc(F)ccc2F)c1. The highest BCUT2D eigenvalue weighted by atomic mass is 19.1. The largest absolute Gasteiger partial charge is 0.497 e. The second kappa shape index (κ2) is 4.91. The number of methoxy groups -OCH3 is 1. The Hall–Kier alpha value is -2.30. The number of halogens is 2. The normalized spacial score (nSPS) is 10.2. The standard InChI is InChI=1S/C13H11F2NO2/c1-17-10-5-9(16)6-11(7-10)18-13-4-8(14)2-3-12(13)15/h2-7H,16H2,1H3. The fourth-order valence-corrected chi connectivity index (χ4v) is 1.45. The summed E-state index contributed by atoms with van der Waals surface area (Å²) >= 11 is 0. The first-order valence-electron chi connectivity index (χ1n) is 5.16. The number of anilines is 1. The minimum absolute atomic E-state index is 0.206. The van der Waals surface area contributed by atoms with E-state index < -0.39 is 11.6 Å². The molecule has 0 fully saturated rings. The van der Waals surface area contributed by atoms with E-state index >= 15 is 0 Å². The van der Waals surface area contributed by atoms with Gasteiger partial charge in [-0.15, -0.1) is 0 Å². The van der Waals surface area contributed by atoms with Gasteiger partial charge in [0.25, 0.3) is 0 Å². The molecule has 0 bridgehead atoms. The molecule has 0 spiro atoms. The number of nitrogens with two attached hydrogens (primary N) is 1. The Morgan fingerprint density at radius 3 is 2.44 bits per heavy atom. The number of hydrogen-bond donors (Lipinski definition) is 1. The molecule has 0 aliphatic rings. The van der Waals surface area contributed by atoms with E-state index in [0.717, 1.165) is 18.2 Å². The number of rotatable bonds is 3. The van der Waals surface area contributed by atoms with E-state index in [9.17, 15) is 8.78 Å². The summed E-state index contributed by atoms with van der Waals surface area (Å²) in [6, 6.07) is 7.59. The molecule has 0 aliphatic heterocycles. The van der Waals surface area contributed by atoms with Crippen molar-refractivity contribution in [1.29, 1.82) is 0 Å². The van der Waals surface area contributed by atoms with Gasteiger partial charge < -0.3 is 15.2 Å². The Kier molecular flexibility index (Phi) is 3.32. The lowest BCUT2D eigenvalue weighted by atomic mass is 10.2. The average Bonchev–Trinajstić information content (AvgIpc) is 2.33. The lowest BCUT2D eigenvalue weighted by molar-refractivity contribution is 0.404. The summed E-state index contributed by atoms with van der Waals surface area (Å²) in [6.45, 7) is 0. The number of ether oxygens (including phenoxy) is 2. The Morgan fingerprint density at radius 2 is 1.72 bits per heavy atom. The van der Waals surface area contributed by atoms with Crippen LogP contribution in [-0.4, -0.2) is 7.11 Å². The van der Waals surface area contributed by atoms with Gasteiger partial charge in [0.15, 0.2) is 11.6 Å². The zero-order valence-electron chi connectivity index (χ0n) is 9.61. The predicted octanol–water partition coefficient (Wildman–Crippen LogP) is 3.35. The number of benzene rings is 2. The van der Waals surface area contributed by atoms with Gasteiger partial charge in [-0.25, -0.2) is 8.78 Å². The van der Waals surface area contributed by atoms with E-state index in [2.05, 4.69) is 0 Å². The molecular formula is C13H11F2NO2. The molecule has 2 aromatic carbocycles. The van der Waals surface area contributed by atoms with Crippen LogP contribution < -0.4 is 15.2 Å². The molecule has 0 radical (unpaired) electrons. The molecule has 0 heterocycles. The molecule has 94 valence electrons. The van der Waals surface area contributed by atoms with Crippen molar-refractivity contribution in [2.24, 2.45) is 0 Å². The first-order valence-corrected chi connectivity index (χ1v) is 5.16. The molecule has 5 heteroatoms. The zero-order chi connectivity index (χ0) is 13.1. The van der Waals surface area contributed by atoms with E-state index in [-0.39, 0.29) is 11.5 Å². The Labute approximate surface area is 103 Å². The van der Waals surface area contributed by atoms with Crippen LogP contribution in [0, 0.1) is 11.6 Å². The molecule has 18 heavy (non-hydrogen) atoms. The van der Waals surface area contributed by atoms with Crippen molar-refractivity contribution in [2.45, 2.75) is 0 Å². The summed E-state index contributed by atoms with van der Waals surface area (Å²) in [6.07, 6.45) is 0. The van der Waals surface area contributed by atoms with E-state index in [4.69, 9.17) is 15.2 Å². The van der Waals surface area contributed by atoms with Crippen LogP contribution in [0.15, 0.2) is 36.4 Å². The molecule has 0 saturated heterocycles. The quantitative estimate of drug-likeness (QED) is 0.851. The van der Waals surface area contributed by atoms with Crippen LogP contribution in [0.25, 0.3) is 0 Å².